The van der Waals surface area contributed by atoms with Gasteiger partial charge in [0.2, 0.25) is 0 Å². The monoisotopic (exact) mass is 250 g/mol. The molecule has 0 aliphatic carbocycles. The van der Waals surface area contributed by atoms with Gasteiger partial charge in [-0.2, -0.15) is 0 Å². The highest BCUT2D eigenvalue weighted by molar-refractivity contribution is 5.38. The Morgan fingerprint density at radius 3 is 2.83 bits per heavy atom. The number of hydrogen-bond donors (Lipinski definition) is 1. The summed E-state index contributed by atoms with van der Waals surface area (Å²) in [5.74, 6) is 0.771. The second-order valence-corrected chi connectivity index (χ2v) is 5.17. The smallest absolute Gasteiger partial charge is 0.125 e. The van der Waals surface area contributed by atoms with Gasteiger partial charge < -0.3 is 14.6 Å². The maximum Gasteiger partial charge on any atom is 0.125 e. The lowest BCUT2D eigenvalue weighted by atomic mass is 10.1. The van der Waals surface area contributed by atoms with Gasteiger partial charge in [-0.3, -0.25) is 0 Å². The van der Waals surface area contributed by atoms with Crippen LogP contribution >= 0.6 is 0 Å². The number of hydrogen-bond acceptors (Lipinski definition) is 3. The van der Waals surface area contributed by atoms with Crippen LogP contribution in [0.4, 0.5) is 0 Å². The summed E-state index contributed by atoms with van der Waals surface area (Å²) in [6, 6.07) is 5.89. The van der Waals surface area contributed by atoms with Crippen LogP contribution in [0.15, 0.2) is 18.2 Å². The standard InChI is InChI=1S/C15H22O3/c1-10-4-7-14(12(3)16)15(8-10)17-9-13-6-5-11(2)18-13/h4,7-8,11-13,16H,5-6,9H2,1-3H3. The van der Waals surface area contributed by atoms with Gasteiger partial charge in [-0.25, -0.2) is 0 Å². The lowest BCUT2D eigenvalue weighted by molar-refractivity contribution is 0.0256. The largest absolute Gasteiger partial charge is 0.490 e. The van der Waals surface area contributed by atoms with E-state index in [1.165, 1.54) is 0 Å². The fraction of sp³-hybridized carbons (Fsp3) is 0.600. The summed E-state index contributed by atoms with van der Waals surface area (Å²) >= 11 is 0. The number of aryl methyl sites for hydroxylation is 1. The van der Waals surface area contributed by atoms with E-state index in [4.69, 9.17) is 9.47 Å². The highest BCUT2D eigenvalue weighted by atomic mass is 16.5. The van der Waals surface area contributed by atoms with Crippen LogP contribution in [0.5, 0.6) is 5.75 Å². The molecule has 0 bridgehead atoms. The highest BCUT2D eigenvalue weighted by Gasteiger charge is 2.22. The molecule has 2 rings (SSSR count). The van der Waals surface area contributed by atoms with E-state index in [0.717, 1.165) is 29.7 Å². The Balaban J connectivity index is 2.01. The van der Waals surface area contributed by atoms with E-state index in [1.54, 1.807) is 6.92 Å². The summed E-state index contributed by atoms with van der Waals surface area (Å²) in [6.45, 7) is 6.43. The van der Waals surface area contributed by atoms with E-state index < -0.39 is 6.10 Å². The van der Waals surface area contributed by atoms with Gasteiger partial charge in [0.25, 0.3) is 0 Å². The van der Waals surface area contributed by atoms with Gasteiger partial charge in [0.15, 0.2) is 0 Å². The lowest BCUT2D eigenvalue weighted by Gasteiger charge is -2.17. The molecule has 18 heavy (non-hydrogen) atoms. The van der Waals surface area contributed by atoms with Crippen LogP contribution in [-0.2, 0) is 4.74 Å². The van der Waals surface area contributed by atoms with E-state index in [1.807, 2.05) is 25.1 Å². The van der Waals surface area contributed by atoms with Crippen LogP contribution in [0, 0.1) is 6.92 Å². The SMILES string of the molecule is Cc1ccc(C(C)O)c(OCC2CCC(C)O2)c1. The number of benzene rings is 1. The number of aliphatic hydroxyl groups is 1. The van der Waals surface area contributed by atoms with Crippen molar-refractivity contribution in [1.29, 1.82) is 0 Å². The van der Waals surface area contributed by atoms with Crippen LogP contribution in [0.2, 0.25) is 0 Å². The molecule has 0 spiro atoms. The summed E-state index contributed by atoms with van der Waals surface area (Å²) in [5.41, 5.74) is 1.97. The van der Waals surface area contributed by atoms with E-state index in [0.29, 0.717) is 12.7 Å². The van der Waals surface area contributed by atoms with Crippen LogP contribution in [0.3, 0.4) is 0 Å². The molecule has 1 aliphatic rings. The van der Waals surface area contributed by atoms with Crippen molar-refractivity contribution in [2.24, 2.45) is 0 Å². The Hall–Kier alpha value is -1.06. The Morgan fingerprint density at radius 1 is 1.44 bits per heavy atom. The van der Waals surface area contributed by atoms with Crippen molar-refractivity contribution in [3.63, 3.8) is 0 Å². The summed E-state index contributed by atoms with van der Waals surface area (Å²) in [6.07, 6.45) is 2.17. The molecule has 1 saturated heterocycles. The molecule has 3 unspecified atom stereocenters. The van der Waals surface area contributed by atoms with Gasteiger partial charge in [-0.05, 0) is 45.2 Å². The zero-order valence-corrected chi connectivity index (χ0v) is 11.3. The second kappa shape index (κ2) is 5.72. The average molecular weight is 250 g/mol. The van der Waals surface area contributed by atoms with E-state index in [9.17, 15) is 5.11 Å². The predicted octanol–water partition coefficient (Wildman–Crippen LogP) is 2.99. The van der Waals surface area contributed by atoms with Gasteiger partial charge in [0.1, 0.15) is 12.4 Å². The minimum absolute atomic E-state index is 0.183. The molecule has 0 radical (unpaired) electrons. The van der Waals surface area contributed by atoms with Gasteiger partial charge in [0, 0.05) is 5.56 Å². The van der Waals surface area contributed by atoms with Crippen molar-refractivity contribution < 1.29 is 14.6 Å². The van der Waals surface area contributed by atoms with Crippen LogP contribution in [0.25, 0.3) is 0 Å². The summed E-state index contributed by atoms with van der Waals surface area (Å²) < 4.78 is 11.6. The first-order chi connectivity index (χ1) is 8.56. The van der Waals surface area contributed by atoms with Crippen LogP contribution in [-0.4, -0.2) is 23.9 Å². The van der Waals surface area contributed by atoms with Crippen molar-refractivity contribution in [2.75, 3.05) is 6.61 Å². The minimum atomic E-state index is -0.510. The first-order valence-corrected chi connectivity index (χ1v) is 6.63. The third-order valence-corrected chi connectivity index (χ3v) is 3.36. The second-order valence-electron chi connectivity index (χ2n) is 5.17. The van der Waals surface area contributed by atoms with Crippen molar-refractivity contribution in [2.45, 2.75) is 51.9 Å². The molecular weight excluding hydrogens is 228 g/mol. The maximum atomic E-state index is 9.72. The molecule has 1 aromatic carbocycles. The fourth-order valence-corrected chi connectivity index (χ4v) is 2.30. The molecule has 3 heteroatoms. The van der Waals surface area contributed by atoms with Gasteiger partial charge in [-0.15, -0.1) is 0 Å². The third-order valence-electron chi connectivity index (χ3n) is 3.36. The van der Waals surface area contributed by atoms with E-state index in [2.05, 4.69) is 6.92 Å². The molecule has 1 aliphatic heterocycles. The molecule has 3 atom stereocenters. The quantitative estimate of drug-likeness (QED) is 0.892. The van der Waals surface area contributed by atoms with Crippen LogP contribution in [0.1, 0.15) is 43.9 Å². The number of ether oxygens (including phenoxy) is 2. The molecular formula is C15H22O3. The Morgan fingerprint density at radius 2 is 2.22 bits per heavy atom. The Kier molecular flexibility index (Phi) is 4.25. The highest BCUT2D eigenvalue weighted by Crippen LogP contribution is 2.27. The number of rotatable bonds is 4. The molecule has 100 valence electrons. The molecule has 1 heterocycles. The molecule has 1 N–H and O–H groups in total. The van der Waals surface area contributed by atoms with Gasteiger partial charge in [-0.1, -0.05) is 12.1 Å². The molecule has 3 nitrogen and oxygen atoms in total. The Bertz CT molecular complexity index is 401. The normalized spacial score (nSPS) is 25.1. The zero-order chi connectivity index (χ0) is 13.1. The lowest BCUT2D eigenvalue weighted by Crippen LogP contribution is -2.18. The van der Waals surface area contributed by atoms with E-state index >= 15 is 0 Å². The molecule has 0 saturated carbocycles. The topological polar surface area (TPSA) is 38.7 Å². The third kappa shape index (κ3) is 3.24. The van der Waals surface area contributed by atoms with Gasteiger partial charge in [0.05, 0.1) is 18.3 Å². The molecule has 1 fully saturated rings. The molecule has 1 aromatic rings. The Labute approximate surface area is 109 Å². The molecule has 0 amide bonds. The molecule has 0 aromatic heterocycles. The zero-order valence-electron chi connectivity index (χ0n) is 11.3. The van der Waals surface area contributed by atoms with Crippen LogP contribution < -0.4 is 4.74 Å². The van der Waals surface area contributed by atoms with E-state index in [-0.39, 0.29) is 6.10 Å². The van der Waals surface area contributed by atoms with Crippen molar-refractivity contribution in [3.8, 4) is 5.75 Å². The van der Waals surface area contributed by atoms with Gasteiger partial charge >= 0.3 is 0 Å². The fourth-order valence-electron chi connectivity index (χ4n) is 2.30. The first-order valence-electron chi connectivity index (χ1n) is 6.63. The average Bonchev–Trinajstić information content (AvgIpc) is 2.72. The minimum Gasteiger partial charge on any atom is -0.490 e. The maximum absolute atomic E-state index is 9.72. The van der Waals surface area contributed by atoms with Crippen molar-refractivity contribution in [3.05, 3.63) is 29.3 Å². The number of aliphatic hydroxyl groups excluding tert-OH is 1. The predicted molar refractivity (Wildman–Crippen MR) is 70.9 cm³/mol. The summed E-state index contributed by atoms with van der Waals surface area (Å²) in [4.78, 5) is 0. The van der Waals surface area contributed by atoms with Crippen molar-refractivity contribution in [1.82, 2.24) is 0 Å². The summed E-state index contributed by atoms with van der Waals surface area (Å²) in [5, 5.41) is 9.72. The van der Waals surface area contributed by atoms with Crippen molar-refractivity contribution >= 4 is 0 Å². The first kappa shape index (κ1) is 13.4. The summed E-state index contributed by atoms with van der Waals surface area (Å²) in [7, 11) is 0.